The Balaban J connectivity index is 2.60. The van der Waals surface area contributed by atoms with Crippen molar-refractivity contribution < 1.29 is 4.39 Å². The number of para-hydroxylation sites is 1. The molecular weight excluding hydrogens is 203 g/mol. The highest BCUT2D eigenvalue weighted by Crippen LogP contribution is 2.22. The van der Waals surface area contributed by atoms with Crippen LogP contribution in [0.5, 0.6) is 0 Å². The van der Waals surface area contributed by atoms with E-state index < -0.39 is 0 Å². The van der Waals surface area contributed by atoms with Crippen LogP contribution >= 0.6 is 0 Å². The molecular formula is C13H21FN2. The molecule has 2 nitrogen and oxygen atoms in total. The summed E-state index contributed by atoms with van der Waals surface area (Å²) in [5.74, 6) is -0.171. The number of rotatable bonds is 5. The maximum Gasteiger partial charge on any atom is 0.146 e. The maximum atomic E-state index is 13.5. The van der Waals surface area contributed by atoms with Crippen LogP contribution in [-0.4, -0.2) is 20.1 Å². The molecule has 0 aromatic heterocycles. The van der Waals surface area contributed by atoms with Crippen LogP contribution in [0.2, 0.25) is 0 Å². The minimum absolute atomic E-state index is 0.111. The first-order valence-corrected chi connectivity index (χ1v) is 5.62. The standard InChI is InChI=1S/C13H21FN2/c1-13(2,10-15)8-9-16(3)12-7-5-4-6-11(12)14/h4-7H,8-10,15H2,1-3H3. The number of nitrogens with zero attached hydrogens (tertiary/aromatic N) is 1. The maximum absolute atomic E-state index is 13.5. The zero-order valence-corrected chi connectivity index (χ0v) is 10.3. The van der Waals surface area contributed by atoms with E-state index in [9.17, 15) is 4.39 Å². The van der Waals surface area contributed by atoms with Gasteiger partial charge in [0.15, 0.2) is 0 Å². The van der Waals surface area contributed by atoms with Gasteiger partial charge in [-0.2, -0.15) is 0 Å². The third-order valence-corrected chi connectivity index (χ3v) is 2.94. The fourth-order valence-corrected chi connectivity index (χ4v) is 1.45. The molecule has 1 aromatic rings. The van der Waals surface area contributed by atoms with Crippen LogP contribution in [0.25, 0.3) is 0 Å². The van der Waals surface area contributed by atoms with Gasteiger partial charge in [-0.3, -0.25) is 0 Å². The van der Waals surface area contributed by atoms with Gasteiger partial charge >= 0.3 is 0 Å². The molecule has 0 bridgehead atoms. The average molecular weight is 224 g/mol. The molecule has 0 saturated carbocycles. The third-order valence-electron chi connectivity index (χ3n) is 2.94. The minimum atomic E-state index is -0.171. The molecule has 0 radical (unpaired) electrons. The normalized spacial score (nSPS) is 11.6. The molecule has 0 fully saturated rings. The number of hydrogen-bond acceptors (Lipinski definition) is 2. The van der Waals surface area contributed by atoms with Crippen LogP contribution in [0.15, 0.2) is 24.3 Å². The van der Waals surface area contributed by atoms with Gasteiger partial charge in [-0.25, -0.2) is 4.39 Å². The van der Waals surface area contributed by atoms with Crippen LogP contribution in [0.3, 0.4) is 0 Å². The lowest BCUT2D eigenvalue weighted by Crippen LogP contribution is -2.30. The molecule has 1 aromatic carbocycles. The highest BCUT2D eigenvalue weighted by molar-refractivity contribution is 5.46. The summed E-state index contributed by atoms with van der Waals surface area (Å²) in [6.45, 7) is 5.72. The number of halogens is 1. The second kappa shape index (κ2) is 5.30. The molecule has 90 valence electrons. The van der Waals surface area contributed by atoms with E-state index >= 15 is 0 Å². The summed E-state index contributed by atoms with van der Waals surface area (Å²) in [5, 5.41) is 0. The summed E-state index contributed by atoms with van der Waals surface area (Å²) >= 11 is 0. The molecule has 16 heavy (non-hydrogen) atoms. The lowest BCUT2D eigenvalue weighted by molar-refractivity contribution is 0.351. The molecule has 0 saturated heterocycles. The summed E-state index contributed by atoms with van der Waals surface area (Å²) in [4.78, 5) is 1.94. The number of hydrogen-bond donors (Lipinski definition) is 1. The Bertz CT molecular complexity index is 336. The Kier molecular flexibility index (Phi) is 4.30. The van der Waals surface area contributed by atoms with E-state index in [4.69, 9.17) is 5.73 Å². The van der Waals surface area contributed by atoms with Crippen molar-refractivity contribution in [3.05, 3.63) is 30.1 Å². The van der Waals surface area contributed by atoms with E-state index in [1.165, 1.54) is 6.07 Å². The van der Waals surface area contributed by atoms with Crippen molar-refractivity contribution in [2.75, 3.05) is 25.0 Å². The van der Waals surface area contributed by atoms with Gasteiger partial charge in [0.2, 0.25) is 0 Å². The first-order valence-electron chi connectivity index (χ1n) is 5.62. The van der Waals surface area contributed by atoms with E-state index in [-0.39, 0.29) is 11.2 Å². The Morgan fingerprint density at radius 2 is 1.94 bits per heavy atom. The fraction of sp³-hybridized carbons (Fsp3) is 0.538. The number of nitrogens with two attached hydrogens (primary N) is 1. The van der Waals surface area contributed by atoms with Crippen LogP contribution < -0.4 is 10.6 Å². The monoisotopic (exact) mass is 224 g/mol. The molecule has 2 N–H and O–H groups in total. The van der Waals surface area contributed by atoms with E-state index in [1.54, 1.807) is 12.1 Å². The second-order valence-corrected chi connectivity index (χ2v) is 4.99. The lowest BCUT2D eigenvalue weighted by Gasteiger charge is -2.27. The molecule has 0 unspecified atom stereocenters. The average Bonchev–Trinajstić information content (AvgIpc) is 2.27. The molecule has 0 aliphatic rings. The number of benzene rings is 1. The Morgan fingerprint density at radius 3 is 2.50 bits per heavy atom. The molecule has 0 amide bonds. The van der Waals surface area contributed by atoms with Crippen molar-refractivity contribution in [1.82, 2.24) is 0 Å². The molecule has 1 rings (SSSR count). The zero-order chi connectivity index (χ0) is 12.2. The lowest BCUT2D eigenvalue weighted by atomic mass is 9.89. The van der Waals surface area contributed by atoms with Gasteiger partial charge in [0.25, 0.3) is 0 Å². The summed E-state index contributed by atoms with van der Waals surface area (Å²) in [7, 11) is 1.91. The van der Waals surface area contributed by atoms with Gasteiger partial charge in [-0.05, 0) is 30.5 Å². The summed E-state index contributed by atoms with van der Waals surface area (Å²) in [5.41, 5.74) is 6.43. The van der Waals surface area contributed by atoms with E-state index in [0.717, 1.165) is 13.0 Å². The summed E-state index contributed by atoms with van der Waals surface area (Å²) in [6.07, 6.45) is 0.953. The number of anilines is 1. The Labute approximate surface area is 97.3 Å². The van der Waals surface area contributed by atoms with Crippen LogP contribution in [0.4, 0.5) is 10.1 Å². The van der Waals surface area contributed by atoms with Gasteiger partial charge in [0, 0.05) is 13.6 Å². The van der Waals surface area contributed by atoms with Crippen molar-refractivity contribution in [3.63, 3.8) is 0 Å². The predicted molar refractivity (Wildman–Crippen MR) is 67.1 cm³/mol. The summed E-state index contributed by atoms with van der Waals surface area (Å²) < 4.78 is 13.5. The van der Waals surface area contributed by atoms with Gasteiger partial charge in [0.05, 0.1) is 5.69 Å². The van der Waals surface area contributed by atoms with Crippen molar-refractivity contribution >= 4 is 5.69 Å². The highest BCUT2D eigenvalue weighted by atomic mass is 19.1. The molecule has 0 aliphatic carbocycles. The van der Waals surface area contributed by atoms with Crippen molar-refractivity contribution in [3.8, 4) is 0 Å². The van der Waals surface area contributed by atoms with E-state index in [1.807, 2.05) is 18.0 Å². The predicted octanol–water partition coefficient (Wildman–Crippen LogP) is 2.64. The fourth-order valence-electron chi connectivity index (χ4n) is 1.45. The summed E-state index contributed by atoms with van der Waals surface area (Å²) in [6, 6.07) is 6.84. The molecule has 0 heterocycles. The van der Waals surface area contributed by atoms with Crippen molar-refractivity contribution in [1.29, 1.82) is 0 Å². The Hall–Kier alpha value is -1.09. The smallest absolute Gasteiger partial charge is 0.146 e. The van der Waals surface area contributed by atoms with Gasteiger partial charge in [0.1, 0.15) is 5.82 Å². The van der Waals surface area contributed by atoms with Crippen LogP contribution in [0, 0.1) is 11.2 Å². The van der Waals surface area contributed by atoms with Gasteiger partial charge in [-0.15, -0.1) is 0 Å². The van der Waals surface area contributed by atoms with Gasteiger partial charge < -0.3 is 10.6 Å². The van der Waals surface area contributed by atoms with Gasteiger partial charge in [-0.1, -0.05) is 26.0 Å². The van der Waals surface area contributed by atoms with Crippen molar-refractivity contribution in [2.24, 2.45) is 11.1 Å². The van der Waals surface area contributed by atoms with Crippen molar-refractivity contribution in [2.45, 2.75) is 20.3 Å². The SMILES string of the molecule is CN(CCC(C)(C)CN)c1ccccc1F. The van der Waals surface area contributed by atoms with Crippen LogP contribution in [0.1, 0.15) is 20.3 Å². The first-order chi connectivity index (χ1) is 7.46. The topological polar surface area (TPSA) is 29.3 Å². The quantitative estimate of drug-likeness (QED) is 0.833. The van der Waals surface area contributed by atoms with E-state index in [0.29, 0.717) is 12.2 Å². The molecule has 0 atom stereocenters. The molecule has 0 spiro atoms. The largest absolute Gasteiger partial charge is 0.372 e. The van der Waals surface area contributed by atoms with E-state index in [2.05, 4.69) is 13.8 Å². The third kappa shape index (κ3) is 3.49. The second-order valence-electron chi connectivity index (χ2n) is 4.99. The molecule has 3 heteroatoms. The minimum Gasteiger partial charge on any atom is -0.372 e. The first kappa shape index (κ1) is 13.0. The zero-order valence-electron chi connectivity index (χ0n) is 10.3. The molecule has 0 aliphatic heterocycles. The van der Waals surface area contributed by atoms with Crippen LogP contribution in [-0.2, 0) is 0 Å². The highest BCUT2D eigenvalue weighted by Gasteiger charge is 2.16. The Morgan fingerprint density at radius 1 is 1.31 bits per heavy atom.